The maximum Gasteiger partial charge on any atom is 0.251 e. The minimum atomic E-state index is -0.382. The Hall–Kier alpha value is -1.49. The zero-order chi connectivity index (χ0) is 12.4. The highest BCUT2D eigenvalue weighted by Gasteiger charge is 2.06. The van der Waals surface area contributed by atoms with Crippen molar-refractivity contribution in [1.29, 1.82) is 0 Å². The Morgan fingerprint density at radius 1 is 1.41 bits per heavy atom. The molecule has 0 amide bonds. The molecule has 0 bridgehead atoms. The van der Waals surface area contributed by atoms with Crippen LogP contribution < -0.4 is 5.56 Å². The molecular formula is C12H10BrFN2O. The number of rotatable bonds is 2. The van der Waals surface area contributed by atoms with Crippen molar-refractivity contribution in [2.45, 2.75) is 13.3 Å². The smallest absolute Gasteiger partial charge is 0.251 e. The van der Waals surface area contributed by atoms with Gasteiger partial charge in [0.2, 0.25) is 0 Å². The number of aryl methyl sites for hydroxylation is 1. The lowest BCUT2D eigenvalue weighted by Gasteiger charge is -2.03. The molecule has 0 unspecified atom stereocenters. The highest BCUT2D eigenvalue weighted by molar-refractivity contribution is 9.10. The monoisotopic (exact) mass is 296 g/mol. The van der Waals surface area contributed by atoms with Gasteiger partial charge in [-0.15, -0.1) is 0 Å². The van der Waals surface area contributed by atoms with Crippen molar-refractivity contribution in [2.75, 3.05) is 0 Å². The van der Waals surface area contributed by atoms with E-state index in [-0.39, 0.29) is 11.4 Å². The van der Waals surface area contributed by atoms with Crippen LogP contribution >= 0.6 is 15.9 Å². The van der Waals surface area contributed by atoms with Crippen molar-refractivity contribution in [3.05, 3.63) is 50.6 Å². The van der Waals surface area contributed by atoms with Crippen molar-refractivity contribution in [3.63, 3.8) is 0 Å². The molecule has 0 saturated carbocycles. The van der Waals surface area contributed by atoms with E-state index in [4.69, 9.17) is 0 Å². The van der Waals surface area contributed by atoms with Crippen molar-refractivity contribution in [3.8, 4) is 11.4 Å². The van der Waals surface area contributed by atoms with E-state index < -0.39 is 0 Å². The maximum absolute atomic E-state index is 13.4. The van der Waals surface area contributed by atoms with Crippen molar-refractivity contribution >= 4 is 15.9 Å². The summed E-state index contributed by atoms with van der Waals surface area (Å²) in [5.74, 6) is 0.00722. The van der Waals surface area contributed by atoms with Crippen LogP contribution in [0.4, 0.5) is 4.39 Å². The third-order valence-electron chi connectivity index (χ3n) is 2.35. The second kappa shape index (κ2) is 4.79. The number of aromatic nitrogens is 2. The highest BCUT2D eigenvalue weighted by Crippen LogP contribution is 2.21. The third kappa shape index (κ3) is 2.61. The van der Waals surface area contributed by atoms with E-state index in [0.29, 0.717) is 28.0 Å². The molecule has 0 aliphatic rings. The van der Waals surface area contributed by atoms with E-state index in [1.807, 2.05) is 6.92 Å². The summed E-state index contributed by atoms with van der Waals surface area (Å²) in [5, 5.41) is 0. The molecule has 2 rings (SSSR count). The first kappa shape index (κ1) is 12.0. The lowest BCUT2D eigenvalue weighted by atomic mass is 10.2. The van der Waals surface area contributed by atoms with E-state index in [0.717, 1.165) is 0 Å². The fourth-order valence-electron chi connectivity index (χ4n) is 1.47. The second-order valence-corrected chi connectivity index (χ2v) is 4.42. The molecule has 0 spiro atoms. The number of hydrogen-bond donors (Lipinski definition) is 1. The first-order valence-electron chi connectivity index (χ1n) is 5.16. The van der Waals surface area contributed by atoms with Gasteiger partial charge < -0.3 is 4.98 Å². The molecule has 0 radical (unpaired) electrons. The Labute approximate surface area is 106 Å². The molecule has 0 atom stereocenters. The number of aromatic amines is 1. The lowest BCUT2D eigenvalue weighted by Crippen LogP contribution is -2.10. The Morgan fingerprint density at radius 3 is 2.82 bits per heavy atom. The van der Waals surface area contributed by atoms with Gasteiger partial charge in [0.15, 0.2) is 0 Å². The van der Waals surface area contributed by atoms with Crippen LogP contribution in [0.15, 0.2) is 33.5 Å². The van der Waals surface area contributed by atoms with E-state index in [9.17, 15) is 9.18 Å². The maximum atomic E-state index is 13.4. The quantitative estimate of drug-likeness (QED) is 0.926. The third-order valence-corrected chi connectivity index (χ3v) is 2.99. The van der Waals surface area contributed by atoms with Gasteiger partial charge in [-0.1, -0.05) is 6.92 Å². The van der Waals surface area contributed by atoms with Gasteiger partial charge in [0.25, 0.3) is 5.56 Å². The van der Waals surface area contributed by atoms with Crippen LogP contribution in [-0.2, 0) is 6.42 Å². The van der Waals surface area contributed by atoms with Crippen LogP contribution in [0.1, 0.15) is 12.6 Å². The van der Waals surface area contributed by atoms with Gasteiger partial charge in [-0.3, -0.25) is 4.79 Å². The minimum absolute atomic E-state index is 0.227. The van der Waals surface area contributed by atoms with Crippen molar-refractivity contribution < 1.29 is 4.39 Å². The molecule has 5 heteroatoms. The molecule has 1 N–H and O–H groups in total. The SMILES string of the molecule is CCc1cc(=O)[nH]c(-c2ccc(Br)c(F)c2)n1. The molecule has 0 aliphatic carbocycles. The number of hydrogen-bond acceptors (Lipinski definition) is 2. The first-order chi connectivity index (χ1) is 8.10. The molecule has 17 heavy (non-hydrogen) atoms. The normalized spacial score (nSPS) is 10.5. The van der Waals surface area contributed by atoms with Crippen molar-refractivity contribution in [2.24, 2.45) is 0 Å². The van der Waals surface area contributed by atoms with Gasteiger partial charge >= 0.3 is 0 Å². The average Bonchev–Trinajstić information content (AvgIpc) is 2.32. The van der Waals surface area contributed by atoms with E-state index >= 15 is 0 Å². The predicted molar refractivity (Wildman–Crippen MR) is 67.3 cm³/mol. The summed E-state index contributed by atoms with van der Waals surface area (Å²) in [5.41, 5.74) is 1.01. The lowest BCUT2D eigenvalue weighted by molar-refractivity contribution is 0.621. The Morgan fingerprint density at radius 2 is 2.18 bits per heavy atom. The van der Waals surface area contributed by atoms with Gasteiger partial charge in [0, 0.05) is 17.3 Å². The van der Waals surface area contributed by atoms with Gasteiger partial charge in [0.05, 0.1) is 4.47 Å². The molecule has 1 aromatic carbocycles. The molecule has 1 aromatic heterocycles. The molecule has 2 aromatic rings. The van der Waals surface area contributed by atoms with Crippen molar-refractivity contribution in [1.82, 2.24) is 9.97 Å². The zero-order valence-electron chi connectivity index (χ0n) is 9.13. The zero-order valence-corrected chi connectivity index (χ0v) is 10.7. The molecule has 0 fully saturated rings. The van der Waals surface area contributed by atoms with Gasteiger partial charge in [0.1, 0.15) is 11.6 Å². The number of nitrogens with one attached hydrogen (secondary N) is 1. The van der Waals surface area contributed by atoms with Crippen LogP contribution in [0, 0.1) is 5.82 Å². The summed E-state index contributed by atoms with van der Waals surface area (Å²) in [7, 11) is 0. The van der Waals surface area contributed by atoms with Gasteiger partial charge in [-0.2, -0.15) is 0 Å². The number of nitrogens with zero attached hydrogens (tertiary/aromatic N) is 1. The van der Waals surface area contributed by atoms with Crippen LogP contribution in [0.2, 0.25) is 0 Å². The number of H-pyrrole nitrogens is 1. The largest absolute Gasteiger partial charge is 0.307 e. The van der Waals surface area contributed by atoms with E-state index in [2.05, 4.69) is 25.9 Å². The fourth-order valence-corrected chi connectivity index (χ4v) is 1.72. The standard InChI is InChI=1S/C12H10BrFN2O/c1-2-8-6-11(17)16-12(15-8)7-3-4-9(13)10(14)5-7/h3-6H,2H2,1H3,(H,15,16,17). The van der Waals surface area contributed by atoms with Gasteiger partial charge in [-0.05, 0) is 40.5 Å². The molecule has 0 aliphatic heterocycles. The van der Waals surface area contributed by atoms with E-state index in [1.54, 1.807) is 12.1 Å². The molecule has 88 valence electrons. The summed E-state index contributed by atoms with van der Waals surface area (Å²) in [6.07, 6.45) is 0.663. The molecule has 1 heterocycles. The van der Waals surface area contributed by atoms with Crippen LogP contribution in [0.3, 0.4) is 0 Å². The topological polar surface area (TPSA) is 45.8 Å². The number of benzene rings is 1. The van der Waals surface area contributed by atoms with Crippen LogP contribution in [0.5, 0.6) is 0 Å². The molecular weight excluding hydrogens is 287 g/mol. The second-order valence-electron chi connectivity index (χ2n) is 3.57. The van der Waals surface area contributed by atoms with Crippen LogP contribution in [0.25, 0.3) is 11.4 Å². The fraction of sp³-hybridized carbons (Fsp3) is 0.167. The van der Waals surface area contributed by atoms with Gasteiger partial charge in [-0.25, -0.2) is 9.37 Å². The van der Waals surface area contributed by atoms with Crippen LogP contribution in [-0.4, -0.2) is 9.97 Å². The summed E-state index contributed by atoms with van der Waals surface area (Å²) in [4.78, 5) is 18.2. The Kier molecular flexibility index (Phi) is 3.38. The summed E-state index contributed by atoms with van der Waals surface area (Å²) in [6, 6.07) is 6.06. The Balaban J connectivity index is 2.55. The number of halogens is 2. The predicted octanol–water partition coefficient (Wildman–Crippen LogP) is 2.90. The average molecular weight is 297 g/mol. The first-order valence-corrected chi connectivity index (χ1v) is 5.95. The highest BCUT2D eigenvalue weighted by atomic mass is 79.9. The summed E-state index contributed by atoms with van der Waals surface area (Å²) in [6.45, 7) is 1.91. The van der Waals surface area contributed by atoms with E-state index in [1.165, 1.54) is 12.1 Å². The molecule has 0 saturated heterocycles. The minimum Gasteiger partial charge on any atom is -0.307 e. The summed E-state index contributed by atoms with van der Waals surface area (Å²) >= 11 is 3.08. The summed E-state index contributed by atoms with van der Waals surface area (Å²) < 4.78 is 13.8. The molecule has 3 nitrogen and oxygen atoms in total. The Bertz CT molecular complexity index is 610.